The number of carbonyl (C=O) groups is 2. The number of ketones is 1. The molecule has 0 fully saturated rings. The van der Waals surface area contributed by atoms with Crippen molar-refractivity contribution in [3.63, 3.8) is 0 Å². The van der Waals surface area contributed by atoms with Crippen molar-refractivity contribution in [1.82, 2.24) is 5.32 Å². The Balaban J connectivity index is 2.72. The molecule has 0 aliphatic heterocycles. The van der Waals surface area contributed by atoms with Gasteiger partial charge in [-0.2, -0.15) is 0 Å². The van der Waals surface area contributed by atoms with Gasteiger partial charge in [-0.1, -0.05) is 26.0 Å². The van der Waals surface area contributed by atoms with E-state index in [2.05, 4.69) is 19.2 Å². The third kappa shape index (κ3) is 4.73. The van der Waals surface area contributed by atoms with Crippen LogP contribution in [-0.4, -0.2) is 18.8 Å². The topological polar surface area (TPSA) is 55.4 Å². The van der Waals surface area contributed by atoms with Crippen molar-refractivity contribution in [3.8, 4) is 5.75 Å². The maximum absolute atomic E-state index is 11.4. The molecule has 0 saturated heterocycles. The number of hydrogen-bond acceptors (Lipinski definition) is 3. The summed E-state index contributed by atoms with van der Waals surface area (Å²) in [5, 5.41) is 2.73. The van der Waals surface area contributed by atoms with Crippen LogP contribution in [0.4, 0.5) is 0 Å². The van der Waals surface area contributed by atoms with E-state index in [-0.39, 0.29) is 18.1 Å². The Bertz CT molecular complexity index is 466. The number of methoxy groups -OCH3 is 1. The van der Waals surface area contributed by atoms with Crippen LogP contribution in [0, 0.1) is 0 Å². The molecule has 19 heavy (non-hydrogen) atoms. The summed E-state index contributed by atoms with van der Waals surface area (Å²) in [7, 11) is 1.65. The molecule has 1 amide bonds. The van der Waals surface area contributed by atoms with Gasteiger partial charge in [0.15, 0.2) is 0 Å². The quantitative estimate of drug-likeness (QED) is 0.802. The lowest BCUT2D eigenvalue weighted by molar-refractivity contribution is -0.127. The summed E-state index contributed by atoms with van der Waals surface area (Å²) >= 11 is 0. The molecule has 4 heteroatoms. The predicted molar refractivity (Wildman–Crippen MR) is 74.2 cm³/mol. The molecule has 0 aliphatic carbocycles. The predicted octanol–water partition coefficient (Wildman–Crippen LogP) is 2.41. The van der Waals surface area contributed by atoms with Gasteiger partial charge >= 0.3 is 0 Å². The van der Waals surface area contributed by atoms with Crippen LogP contribution in [0.2, 0.25) is 0 Å². The van der Waals surface area contributed by atoms with Crippen LogP contribution in [0.1, 0.15) is 44.2 Å². The second kappa shape index (κ2) is 6.92. The molecule has 0 radical (unpaired) electrons. The molecule has 0 spiro atoms. The largest absolute Gasteiger partial charge is 0.496 e. The van der Waals surface area contributed by atoms with Gasteiger partial charge in [0, 0.05) is 6.54 Å². The van der Waals surface area contributed by atoms with Crippen molar-refractivity contribution < 1.29 is 14.3 Å². The highest BCUT2D eigenvalue weighted by molar-refractivity contribution is 5.96. The summed E-state index contributed by atoms with van der Waals surface area (Å²) in [5.41, 5.74) is 2.11. The monoisotopic (exact) mass is 263 g/mol. The number of rotatable bonds is 6. The van der Waals surface area contributed by atoms with Crippen molar-refractivity contribution in [1.29, 1.82) is 0 Å². The van der Waals surface area contributed by atoms with E-state index >= 15 is 0 Å². The molecule has 0 aliphatic rings. The lowest BCUT2D eigenvalue weighted by Gasteiger charge is -2.14. The number of benzene rings is 1. The minimum atomic E-state index is -0.241. The van der Waals surface area contributed by atoms with Crippen LogP contribution in [0.3, 0.4) is 0 Å². The molecular formula is C15H21NO3. The zero-order valence-corrected chi connectivity index (χ0v) is 11.9. The van der Waals surface area contributed by atoms with Crippen LogP contribution in [-0.2, 0) is 16.1 Å². The van der Waals surface area contributed by atoms with E-state index in [9.17, 15) is 9.59 Å². The highest BCUT2D eigenvalue weighted by Crippen LogP contribution is 2.27. The molecule has 0 bridgehead atoms. The van der Waals surface area contributed by atoms with Gasteiger partial charge in [-0.3, -0.25) is 9.59 Å². The minimum absolute atomic E-state index is 0.0623. The normalized spacial score (nSPS) is 10.4. The molecule has 1 aromatic rings. The first kappa shape index (κ1) is 15.2. The number of amides is 1. The molecule has 1 aromatic carbocycles. The summed E-state index contributed by atoms with van der Waals surface area (Å²) in [5.74, 6) is 0.834. The van der Waals surface area contributed by atoms with Gasteiger partial charge in [0.2, 0.25) is 5.91 Å². The first-order valence-electron chi connectivity index (χ1n) is 6.37. The zero-order valence-electron chi connectivity index (χ0n) is 11.9. The molecule has 104 valence electrons. The Morgan fingerprint density at radius 3 is 2.53 bits per heavy atom. The molecule has 0 unspecified atom stereocenters. The van der Waals surface area contributed by atoms with Gasteiger partial charge in [0.25, 0.3) is 0 Å². The number of ether oxygens (including phenoxy) is 1. The van der Waals surface area contributed by atoms with Gasteiger partial charge in [-0.15, -0.1) is 0 Å². The molecule has 1 rings (SSSR count). The number of Topliss-reactive ketones (excluding diaryl/α,β-unsaturated/α-hetero) is 1. The highest BCUT2D eigenvalue weighted by Gasteiger charge is 2.09. The lowest BCUT2D eigenvalue weighted by atomic mass is 9.99. The molecule has 4 nitrogen and oxygen atoms in total. The molecular weight excluding hydrogens is 242 g/mol. The van der Waals surface area contributed by atoms with Crippen molar-refractivity contribution in [2.24, 2.45) is 0 Å². The maximum Gasteiger partial charge on any atom is 0.227 e. The molecule has 1 N–H and O–H groups in total. The second-order valence-electron chi connectivity index (χ2n) is 4.89. The Kier molecular flexibility index (Phi) is 5.55. The van der Waals surface area contributed by atoms with Crippen molar-refractivity contribution in [2.45, 2.75) is 39.7 Å². The van der Waals surface area contributed by atoms with Crippen LogP contribution in [0.25, 0.3) is 0 Å². The second-order valence-corrected chi connectivity index (χ2v) is 4.89. The van der Waals surface area contributed by atoms with Crippen LogP contribution in [0.5, 0.6) is 5.75 Å². The maximum atomic E-state index is 11.4. The summed E-state index contributed by atoms with van der Waals surface area (Å²) in [6, 6.07) is 5.85. The summed E-state index contributed by atoms with van der Waals surface area (Å²) < 4.78 is 5.31. The Hall–Kier alpha value is -1.84. The smallest absolute Gasteiger partial charge is 0.227 e. The molecule has 0 saturated carbocycles. The van der Waals surface area contributed by atoms with Crippen LogP contribution in [0.15, 0.2) is 18.2 Å². The Morgan fingerprint density at radius 2 is 2.00 bits per heavy atom. The fourth-order valence-electron chi connectivity index (χ4n) is 1.83. The van der Waals surface area contributed by atoms with Crippen LogP contribution >= 0.6 is 0 Å². The van der Waals surface area contributed by atoms with Gasteiger partial charge in [0.05, 0.1) is 13.5 Å². The number of nitrogens with one attached hydrogen (secondary N) is 1. The van der Waals surface area contributed by atoms with Gasteiger partial charge in [-0.25, -0.2) is 0 Å². The fraction of sp³-hybridized carbons (Fsp3) is 0.467. The first-order chi connectivity index (χ1) is 8.93. The van der Waals surface area contributed by atoms with E-state index < -0.39 is 0 Å². The minimum Gasteiger partial charge on any atom is -0.496 e. The van der Waals surface area contributed by atoms with Crippen LogP contribution < -0.4 is 10.1 Å². The SMILES string of the molecule is COc1ccc(CNC(=O)CC(C)=O)cc1C(C)C. The third-order valence-corrected chi connectivity index (χ3v) is 2.82. The Morgan fingerprint density at radius 1 is 1.32 bits per heavy atom. The zero-order chi connectivity index (χ0) is 14.4. The van der Waals surface area contributed by atoms with Crippen molar-refractivity contribution in [3.05, 3.63) is 29.3 Å². The standard InChI is InChI=1S/C15H21NO3/c1-10(2)13-8-12(5-6-14(13)19-4)9-16-15(18)7-11(3)17/h5-6,8,10H,7,9H2,1-4H3,(H,16,18). The molecule has 0 heterocycles. The van der Waals surface area contributed by atoms with E-state index in [0.717, 1.165) is 16.9 Å². The van der Waals surface area contributed by atoms with E-state index in [4.69, 9.17) is 4.74 Å². The van der Waals surface area contributed by atoms with Crippen molar-refractivity contribution >= 4 is 11.7 Å². The average Bonchev–Trinajstić information content (AvgIpc) is 2.35. The van der Waals surface area contributed by atoms with E-state index in [1.165, 1.54) is 6.92 Å². The number of hydrogen-bond donors (Lipinski definition) is 1. The summed E-state index contributed by atoms with van der Waals surface area (Å²) in [4.78, 5) is 22.2. The van der Waals surface area contributed by atoms with Gasteiger partial charge < -0.3 is 10.1 Å². The van der Waals surface area contributed by atoms with Gasteiger partial charge in [0.1, 0.15) is 11.5 Å². The van der Waals surface area contributed by atoms with E-state index in [1.54, 1.807) is 7.11 Å². The Labute approximate surface area is 114 Å². The van der Waals surface area contributed by atoms with E-state index in [1.807, 2.05) is 18.2 Å². The average molecular weight is 263 g/mol. The third-order valence-electron chi connectivity index (χ3n) is 2.82. The first-order valence-corrected chi connectivity index (χ1v) is 6.37. The fourth-order valence-corrected chi connectivity index (χ4v) is 1.83. The van der Waals surface area contributed by atoms with E-state index in [0.29, 0.717) is 12.5 Å². The van der Waals surface area contributed by atoms with Crippen molar-refractivity contribution in [2.75, 3.05) is 7.11 Å². The lowest BCUT2D eigenvalue weighted by Crippen LogP contribution is -2.24. The summed E-state index contributed by atoms with van der Waals surface area (Å²) in [6.07, 6.45) is -0.0623. The summed E-state index contributed by atoms with van der Waals surface area (Å²) in [6.45, 7) is 6.02. The molecule has 0 atom stereocenters. The highest BCUT2D eigenvalue weighted by atomic mass is 16.5. The van der Waals surface area contributed by atoms with Gasteiger partial charge in [-0.05, 0) is 30.0 Å². The number of carbonyl (C=O) groups excluding carboxylic acids is 2. The molecule has 0 aromatic heterocycles.